The van der Waals surface area contributed by atoms with Crippen molar-refractivity contribution in [1.29, 1.82) is 5.26 Å². The Morgan fingerprint density at radius 3 is 2.75 bits per heavy atom. The molecular formula is C14H25N3O3. The van der Waals surface area contributed by atoms with E-state index < -0.39 is 23.2 Å². The van der Waals surface area contributed by atoms with E-state index in [2.05, 4.69) is 6.07 Å². The predicted molar refractivity (Wildman–Crippen MR) is 74.8 cm³/mol. The van der Waals surface area contributed by atoms with Crippen LogP contribution in [-0.4, -0.2) is 47.4 Å². The number of nitrogens with two attached hydrogens (primary N) is 1. The van der Waals surface area contributed by atoms with Crippen LogP contribution in [0.3, 0.4) is 0 Å². The number of amides is 1. The molecule has 1 heterocycles. The molecule has 0 aromatic carbocycles. The third-order valence-electron chi connectivity index (χ3n) is 3.36. The summed E-state index contributed by atoms with van der Waals surface area (Å²) in [7, 11) is 0. The number of nitrogens with zero attached hydrogens (tertiary/aromatic N) is 2. The molecule has 3 N–H and O–H groups in total. The third kappa shape index (κ3) is 4.66. The van der Waals surface area contributed by atoms with E-state index in [4.69, 9.17) is 10.5 Å². The highest BCUT2D eigenvalue weighted by atomic mass is 16.6. The molecule has 0 aromatic heterocycles. The lowest BCUT2D eigenvalue weighted by atomic mass is 9.77. The molecule has 114 valence electrons. The zero-order valence-corrected chi connectivity index (χ0v) is 12.6. The monoisotopic (exact) mass is 283 g/mol. The Morgan fingerprint density at radius 2 is 2.25 bits per heavy atom. The van der Waals surface area contributed by atoms with E-state index >= 15 is 0 Å². The van der Waals surface area contributed by atoms with E-state index in [1.807, 2.05) is 20.8 Å². The number of nitriles is 1. The highest BCUT2D eigenvalue weighted by Crippen LogP contribution is 2.34. The molecule has 6 nitrogen and oxygen atoms in total. The average molecular weight is 283 g/mol. The number of aliphatic hydroxyl groups is 1. The Kier molecular flexibility index (Phi) is 5.37. The van der Waals surface area contributed by atoms with Crippen LogP contribution in [0.15, 0.2) is 0 Å². The number of rotatable bonds is 3. The number of likely N-dealkylation sites (tertiary alicyclic amines) is 1. The fourth-order valence-electron chi connectivity index (χ4n) is 2.45. The molecule has 0 saturated carbocycles. The maximum Gasteiger partial charge on any atom is 0.410 e. The molecule has 1 rings (SSSR count). The second-order valence-electron chi connectivity index (χ2n) is 6.49. The smallest absolute Gasteiger partial charge is 0.410 e. The van der Waals surface area contributed by atoms with E-state index in [1.165, 1.54) is 0 Å². The average Bonchev–Trinajstić information content (AvgIpc) is 2.37. The van der Waals surface area contributed by atoms with Crippen LogP contribution >= 0.6 is 0 Å². The number of carbonyl (C=O) groups is 1. The van der Waals surface area contributed by atoms with Crippen molar-refractivity contribution in [2.45, 2.75) is 51.7 Å². The second-order valence-corrected chi connectivity index (χ2v) is 6.49. The second kappa shape index (κ2) is 6.42. The maximum absolute atomic E-state index is 12.1. The zero-order valence-electron chi connectivity index (χ0n) is 12.6. The maximum atomic E-state index is 12.1. The highest BCUT2D eigenvalue weighted by Gasteiger charge is 2.39. The van der Waals surface area contributed by atoms with Gasteiger partial charge in [0.05, 0.1) is 17.6 Å². The highest BCUT2D eigenvalue weighted by molar-refractivity contribution is 5.68. The summed E-state index contributed by atoms with van der Waals surface area (Å²) in [5.74, 6) is 0. The Bertz CT molecular complexity index is 386. The summed E-state index contributed by atoms with van der Waals surface area (Å²) in [6.07, 6.45) is 0.566. The molecule has 20 heavy (non-hydrogen) atoms. The van der Waals surface area contributed by atoms with Gasteiger partial charge in [-0.15, -0.1) is 0 Å². The molecule has 1 saturated heterocycles. The topological polar surface area (TPSA) is 99.6 Å². The van der Waals surface area contributed by atoms with Gasteiger partial charge in [0.2, 0.25) is 0 Å². The minimum Gasteiger partial charge on any atom is -0.444 e. The van der Waals surface area contributed by atoms with Crippen molar-refractivity contribution in [3.8, 4) is 6.07 Å². The summed E-state index contributed by atoms with van der Waals surface area (Å²) >= 11 is 0. The number of carbonyl (C=O) groups excluding carboxylic acids is 1. The van der Waals surface area contributed by atoms with Gasteiger partial charge in [0, 0.05) is 19.6 Å². The van der Waals surface area contributed by atoms with Crippen LogP contribution in [0, 0.1) is 16.7 Å². The van der Waals surface area contributed by atoms with Gasteiger partial charge in [-0.05, 0) is 40.0 Å². The van der Waals surface area contributed by atoms with Crippen molar-refractivity contribution in [3.63, 3.8) is 0 Å². The molecule has 0 unspecified atom stereocenters. The van der Waals surface area contributed by atoms with Crippen molar-refractivity contribution >= 4 is 6.09 Å². The van der Waals surface area contributed by atoms with E-state index in [9.17, 15) is 15.2 Å². The molecule has 0 bridgehead atoms. The van der Waals surface area contributed by atoms with Gasteiger partial charge in [-0.2, -0.15) is 5.26 Å². The fraction of sp³-hybridized carbons (Fsp3) is 0.857. The normalized spacial score (nSPS) is 24.9. The summed E-state index contributed by atoms with van der Waals surface area (Å²) < 4.78 is 5.34. The predicted octanol–water partition coefficient (Wildman–Crippen LogP) is 1.24. The molecule has 0 spiro atoms. The Morgan fingerprint density at radius 1 is 1.60 bits per heavy atom. The summed E-state index contributed by atoms with van der Waals surface area (Å²) in [5, 5.41) is 19.1. The van der Waals surface area contributed by atoms with Gasteiger partial charge in [-0.3, -0.25) is 0 Å². The lowest BCUT2D eigenvalue weighted by Gasteiger charge is -2.39. The van der Waals surface area contributed by atoms with E-state index in [-0.39, 0.29) is 13.1 Å². The summed E-state index contributed by atoms with van der Waals surface area (Å²) in [6.45, 7) is 6.42. The first-order valence-corrected chi connectivity index (χ1v) is 6.99. The van der Waals surface area contributed by atoms with Crippen molar-refractivity contribution < 1.29 is 14.6 Å². The first-order valence-electron chi connectivity index (χ1n) is 6.99. The Balaban J connectivity index is 2.74. The Hall–Kier alpha value is -1.32. The minimum atomic E-state index is -0.728. The number of ether oxygens (including phenoxy) is 1. The Labute approximate surface area is 120 Å². The van der Waals surface area contributed by atoms with Crippen molar-refractivity contribution in [1.82, 2.24) is 4.90 Å². The SMILES string of the molecule is CC(C)(C)OC(=O)N1CCC[C@](C#N)(C[C@H](O)CN)C1. The van der Waals surface area contributed by atoms with Crippen molar-refractivity contribution in [2.75, 3.05) is 19.6 Å². The van der Waals surface area contributed by atoms with Crippen LogP contribution in [0.25, 0.3) is 0 Å². The van der Waals surface area contributed by atoms with Crippen LogP contribution in [0.4, 0.5) is 4.79 Å². The minimum absolute atomic E-state index is 0.121. The van der Waals surface area contributed by atoms with Crippen molar-refractivity contribution in [3.05, 3.63) is 0 Å². The van der Waals surface area contributed by atoms with Crippen LogP contribution in [0.5, 0.6) is 0 Å². The molecule has 1 fully saturated rings. The third-order valence-corrected chi connectivity index (χ3v) is 3.36. The van der Waals surface area contributed by atoms with E-state index in [1.54, 1.807) is 4.90 Å². The standard InChI is InChI=1S/C14H25N3O3/c1-13(2,3)20-12(19)17-6-4-5-14(9-16,10-17)7-11(18)8-15/h11,18H,4-8,10,15H2,1-3H3/t11-,14+/m0/s1. The van der Waals surface area contributed by atoms with Crippen LogP contribution in [0.2, 0.25) is 0 Å². The quantitative estimate of drug-likeness (QED) is 0.811. The number of hydrogen-bond acceptors (Lipinski definition) is 5. The van der Waals surface area contributed by atoms with E-state index in [0.29, 0.717) is 19.4 Å². The first-order chi connectivity index (χ1) is 9.21. The van der Waals surface area contributed by atoms with Gasteiger partial charge in [0.1, 0.15) is 5.60 Å². The van der Waals surface area contributed by atoms with Gasteiger partial charge >= 0.3 is 6.09 Å². The molecule has 2 atom stereocenters. The number of aliphatic hydroxyl groups excluding tert-OH is 1. The van der Waals surface area contributed by atoms with Crippen LogP contribution < -0.4 is 5.73 Å². The molecule has 0 radical (unpaired) electrons. The molecule has 0 aliphatic carbocycles. The lowest BCUT2D eigenvalue weighted by Crippen LogP contribution is -2.48. The van der Waals surface area contributed by atoms with Crippen LogP contribution in [-0.2, 0) is 4.74 Å². The molecular weight excluding hydrogens is 258 g/mol. The zero-order chi connectivity index (χ0) is 15.4. The van der Waals surface area contributed by atoms with Gasteiger partial charge in [-0.1, -0.05) is 0 Å². The molecule has 0 aromatic rings. The van der Waals surface area contributed by atoms with Crippen LogP contribution in [0.1, 0.15) is 40.0 Å². The lowest BCUT2D eigenvalue weighted by molar-refractivity contribution is 0.00461. The van der Waals surface area contributed by atoms with E-state index in [0.717, 1.165) is 6.42 Å². The van der Waals surface area contributed by atoms with Crippen molar-refractivity contribution in [2.24, 2.45) is 11.1 Å². The number of piperidine rings is 1. The van der Waals surface area contributed by atoms with Gasteiger partial charge in [0.25, 0.3) is 0 Å². The summed E-state index contributed by atoms with van der Waals surface area (Å²) in [4.78, 5) is 13.6. The van der Waals surface area contributed by atoms with Gasteiger partial charge in [-0.25, -0.2) is 4.79 Å². The molecule has 6 heteroatoms. The summed E-state index contributed by atoms with van der Waals surface area (Å²) in [6, 6.07) is 2.27. The summed E-state index contributed by atoms with van der Waals surface area (Å²) in [5.41, 5.74) is 4.13. The molecule has 1 aliphatic heterocycles. The molecule has 1 aliphatic rings. The van der Waals surface area contributed by atoms with Gasteiger partial charge in [0.15, 0.2) is 0 Å². The molecule has 1 amide bonds. The largest absolute Gasteiger partial charge is 0.444 e. The van der Waals surface area contributed by atoms with Gasteiger partial charge < -0.3 is 20.5 Å². The number of hydrogen-bond donors (Lipinski definition) is 2. The first kappa shape index (κ1) is 16.7. The fourth-order valence-corrected chi connectivity index (χ4v) is 2.45.